The number of benzene rings is 1. The molecule has 4 N–H and O–H groups in total. The number of halogens is 3. The van der Waals surface area contributed by atoms with E-state index in [1.165, 1.54) is 6.42 Å². The second-order valence-electron chi connectivity index (χ2n) is 5.54. The van der Waals surface area contributed by atoms with Crippen LogP contribution in [-0.2, 0) is 0 Å². The van der Waals surface area contributed by atoms with Gasteiger partial charge in [-0.25, -0.2) is 4.99 Å². The number of aliphatic imine (C=N–C) groups is 2. The van der Waals surface area contributed by atoms with Gasteiger partial charge in [0.1, 0.15) is 5.66 Å². The lowest BCUT2D eigenvalue weighted by Gasteiger charge is -2.46. The Labute approximate surface area is 152 Å². The molecule has 0 aromatic heterocycles. The summed E-state index contributed by atoms with van der Waals surface area (Å²) in [6.07, 6.45) is 5.08. The zero-order valence-electron chi connectivity index (χ0n) is 11.8. The summed E-state index contributed by atoms with van der Waals surface area (Å²) in [6, 6.07) is 3.57. The molecule has 1 heterocycles. The Kier molecular flexibility index (Phi) is 4.44. The van der Waals surface area contributed by atoms with Gasteiger partial charge in [0.15, 0.2) is 0 Å². The Balaban J connectivity index is 2.16. The van der Waals surface area contributed by atoms with Crippen molar-refractivity contribution in [1.82, 2.24) is 0 Å². The lowest BCUT2D eigenvalue weighted by atomic mass is 9.87. The first-order valence-electron chi connectivity index (χ1n) is 7.07. The molecule has 0 radical (unpaired) electrons. The summed E-state index contributed by atoms with van der Waals surface area (Å²) in [5.41, 5.74) is 12.4. The first kappa shape index (κ1) is 16.1. The molecule has 2 aliphatic rings. The number of rotatable bonds is 1. The second-order valence-corrected chi connectivity index (χ2v) is 7.54. The van der Waals surface area contributed by atoms with Crippen molar-refractivity contribution >= 4 is 63.4 Å². The van der Waals surface area contributed by atoms with Gasteiger partial charge in [-0.2, -0.15) is 4.99 Å². The van der Waals surface area contributed by atoms with E-state index < -0.39 is 5.66 Å². The van der Waals surface area contributed by atoms with E-state index in [0.717, 1.165) is 34.9 Å². The zero-order valence-corrected chi connectivity index (χ0v) is 15.5. The predicted octanol–water partition coefficient (Wildman–Crippen LogP) is 3.71. The maximum atomic E-state index is 6.45. The van der Waals surface area contributed by atoms with Crippen LogP contribution in [0, 0.1) is 3.57 Å². The van der Waals surface area contributed by atoms with Crippen LogP contribution in [0.25, 0.3) is 0 Å². The van der Waals surface area contributed by atoms with Crippen LogP contribution in [0.1, 0.15) is 32.1 Å². The minimum atomic E-state index is -0.494. The fraction of sp³-hybridized carbons (Fsp3) is 0.429. The molecule has 1 saturated carbocycles. The van der Waals surface area contributed by atoms with Gasteiger partial charge in [0.05, 0.1) is 10.7 Å². The van der Waals surface area contributed by atoms with Crippen LogP contribution in [0.5, 0.6) is 0 Å². The van der Waals surface area contributed by atoms with Crippen molar-refractivity contribution in [1.29, 1.82) is 0 Å². The maximum absolute atomic E-state index is 6.45. The highest BCUT2D eigenvalue weighted by atomic mass is 127. The molecular formula is C14H16Cl2IN5. The third kappa shape index (κ3) is 2.76. The summed E-state index contributed by atoms with van der Waals surface area (Å²) >= 11 is 14.7. The Morgan fingerprint density at radius 3 is 2.45 bits per heavy atom. The highest BCUT2D eigenvalue weighted by Gasteiger charge is 2.43. The van der Waals surface area contributed by atoms with Crippen molar-refractivity contribution < 1.29 is 0 Å². The standard InChI is InChI=1S/C14H16Cl2IN5/c15-8-6-9(16)11(10(17)7-8)22-13(19)20-12(18)21-14(22)4-2-1-3-5-14/h6-7H,1-5H2,(H4,18,19,20,21). The highest BCUT2D eigenvalue weighted by Crippen LogP contribution is 2.44. The number of hydrogen-bond acceptors (Lipinski definition) is 5. The molecule has 22 heavy (non-hydrogen) atoms. The SMILES string of the molecule is NC1=NC2(CCCCC2)N(c2c(Cl)cc(Cl)cc2I)C(N)=N1. The van der Waals surface area contributed by atoms with Crippen molar-refractivity contribution in [2.45, 2.75) is 37.8 Å². The third-order valence-electron chi connectivity index (χ3n) is 4.06. The molecule has 0 unspecified atom stereocenters. The topological polar surface area (TPSA) is 80.0 Å². The first-order chi connectivity index (χ1) is 10.4. The van der Waals surface area contributed by atoms with Crippen molar-refractivity contribution in [3.05, 3.63) is 25.7 Å². The minimum absolute atomic E-state index is 0.232. The normalized spacial score (nSPS) is 20.8. The lowest BCUT2D eigenvalue weighted by molar-refractivity contribution is 0.305. The monoisotopic (exact) mass is 451 g/mol. The first-order valence-corrected chi connectivity index (χ1v) is 8.91. The largest absolute Gasteiger partial charge is 0.369 e. The van der Waals surface area contributed by atoms with Gasteiger partial charge in [0.2, 0.25) is 11.9 Å². The van der Waals surface area contributed by atoms with Gasteiger partial charge in [-0.15, -0.1) is 0 Å². The summed E-state index contributed by atoms with van der Waals surface area (Å²) in [5, 5.41) is 1.13. The van der Waals surface area contributed by atoms with Crippen molar-refractivity contribution in [2.24, 2.45) is 21.5 Å². The van der Waals surface area contributed by atoms with Crippen LogP contribution >= 0.6 is 45.8 Å². The van der Waals surface area contributed by atoms with Crippen LogP contribution in [0.3, 0.4) is 0 Å². The molecule has 118 valence electrons. The van der Waals surface area contributed by atoms with Gasteiger partial charge in [-0.1, -0.05) is 29.6 Å². The van der Waals surface area contributed by atoms with Crippen LogP contribution in [0.15, 0.2) is 22.1 Å². The summed E-state index contributed by atoms with van der Waals surface area (Å²) in [6.45, 7) is 0. The van der Waals surface area contributed by atoms with Crippen molar-refractivity contribution in [3.8, 4) is 0 Å². The lowest BCUT2D eigenvalue weighted by Crippen LogP contribution is -2.58. The van der Waals surface area contributed by atoms with Gasteiger partial charge in [-0.05, 0) is 60.4 Å². The Morgan fingerprint density at radius 1 is 1.14 bits per heavy atom. The quantitative estimate of drug-likeness (QED) is 0.638. The molecule has 0 amide bonds. The third-order valence-corrected chi connectivity index (χ3v) is 5.39. The number of guanidine groups is 2. The Hall–Kier alpha value is -0.730. The molecule has 1 aromatic rings. The van der Waals surface area contributed by atoms with E-state index in [9.17, 15) is 0 Å². The average Bonchev–Trinajstić information content (AvgIpc) is 2.41. The van der Waals surface area contributed by atoms with E-state index in [2.05, 4.69) is 32.6 Å². The van der Waals surface area contributed by atoms with Crippen LogP contribution in [0.2, 0.25) is 10.0 Å². The number of nitrogens with zero attached hydrogens (tertiary/aromatic N) is 3. The van der Waals surface area contributed by atoms with E-state index >= 15 is 0 Å². The second kappa shape index (κ2) is 6.05. The van der Waals surface area contributed by atoms with Gasteiger partial charge >= 0.3 is 0 Å². The van der Waals surface area contributed by atoms with Crippen molar-refractivity contribution in [3.63, 3.8) is 0 Å². The molecule has 0 bridgehead atoms. The maximum Gasteiger partial charge on any atom is 0.220 e. The highest BCUT2D eigenvalue weighted by molar-refractivity contribution is 14.1. The fourth-order valence-electron chi connectivity index (χ4n) is 3.19. The predicted molar refractivity (Wildman–Crippen MR) is 101 cm³/mol. The van der Waals surface area contributed by atoms with E-state index in [1.54, 1.807) is 6.07 Å². The van der Waals surface area contributed by atoms with Crippen LogP contribution in [0.4, 0.5) is 5.69 Å². The molecule has 3 rings (SSSR count). The molecule has 1 fully saturated rings. The van der Waals surface area contributed by atoms with Crippen molar-refractivity contribution in [2.75, 3.05) is 4.90 Å². The fourth-order valence-corrected chi connectivity index (χ4v) is 4.98. The number of anilines is 1. The molecule has 8 heteroatoms. The summed E-state index contributed by atoms with van der Waals surface area (Å²) in [7, 11) is 0. The van der Waals surface area contributed by atoms with E-state index in [1.807, 2.05) is 11.0 Å². The molecule has 1 aliphatic heterocycles. The van der Waals surface area contributed by atoms with Crippen LogP contribution in [-0.4, -0.2) is 17.6 Å². The van der Waals surface area contributed by atoms with Crippen LogP contribution < -0.4 is 16.4 Å². The molecular weight excluding hydrogens is 436 g/mol. The smallest absolute Gasteiger partial charge is 0.220 e. The van der Waals surface area contributed by atoms with E-state index in [0.29, 0.717) is 16.0 Å². The molecule has 1 spiro atoms. The molecule has 0 atom stereocenters. The van der Waals surface area contributed by atoms with E-state index in [-0.39, 0.29) is 5.96 Å². The van der Waals surface area contributed by atoms with Gasteiger partial charge < -0.3 is 11.5 Å². The minimum Gasteiger partial charge on any atom is -0.369 e. The molecule has 1 aromatic carbocycles. The molecule has 0 saturated heterocycles. The van der Waals surface area contributed by atoms with Gasteiger partial charge in [0.25, 0.3) is 0 Å². The zero-order chi connectivity index (χ0) is 15.9. The van der Waals surface area contributed by atoms with E-state index in [4.69, 9.17) is 34.7 Å². The summed E-state index contributed by atoms with van der Waals surface area (Å²) < 4.78 is 0.911. The Morgan fingerprint density at radius 2 is 1.82 bits per heavy atom. The molecule has 1 aliphatic carbocycles. The number of nitrogens with two attached hydrogens (primary N) is 2. The summed E-state index contributed by atoms with van der Waals surface area (Å²) in [4.78, 5) is 10.7. The van der Waals surface area contributed by atoms with Gasteiger partial charge in [-0.3, -0.25) is 4.90 Å². The Bertz CT molecular complexity index is 644. The molecule has 5 nitrogen and oxygen atoms in total. The van der Waals surface area contributed by atoms with Gasteiger partial charge in [0, 0.05) is 8.59 Å². The number of hydrogen-bond donors (Lipinski definition) is 2. The summed E-state index contributed by atoms with van der Waals surface area (Å²) in [5.74, 6) is 0.562. The average molecular weight is 452 g/mol.